The van der Waals surface area contributed by atoms with E-state index in [2.05, 4.69) is 35.1 Å². The van der Waals surface area contributed by atoms with Crippen LogP contribution < -0.4 is 35.5 Å². The second-order valence-corrected chi connectivity index (χ2v) is 24.5. The fourth-order valence-electron chi connectivity index (χ4n) is 11.8. The van der Waals surface area contributed by atoms with Crippen molar-refractivity contribution in [1.82, 2.24) is 34.7 Å². The molecule has 0 spiro atoms. The number of ether oxygens (including phenoxy) is 3. The van der Waals surface area contributed by atoms with E-state index in [-0.39, 0.29) is 70.7 Å². The van der Waals surface area contributed by atoms with Crippen LogP contribution in [0, 0.1) is 22.0 Å². The topological polar surface area (TPSA) is 311 Å². The first-order valence-electron chi connectivity index (χ1n) is 28.8. The quantitative estimate of drug-likeness (QED) is 0.0316. The van der Waals surface area contributed by atoms with Crippen LogP contribution in [-0.2, 0) is 35.7 Å². The Bertz CT molecular complexity index is 4050. The second kappa shape index (κ2) is 24.8. The van der Waals surface area contributed by atoms with Gasteiger partial charge in [-0.25, -0.2) is 18.1 Å². The number of nitrogens with zero attached hydrogens (tertiary/aromatic N) is 6. The van der Waals surface area contributed by atoms with Gasteiger partial charge in [-0.1, -0.05) is 48.0 Å². The summed E-state index contributed by atoms with van der Waals surface area (Å²) >= 11 is 6.34. The van der Waals surface area contributed by atoms with Gasteiger partial charge in [-0.05, 0) is 103 Å². The molecular weight excluding hydrogens is 1170 g/mol. The summed E-state index contributed by atoms with van der Waals surface area (Å²) in [5.74, 6) is -3.02. The van der Waals surface area contributed by atoms with Gasteiger partial charge < -0.3 is 40.0 Å². The maximum atomic E-state index is 14.1. The minimum absolute atomic E-state index is 0.0138. The number of carbonyl (C=O) groups excluding carboxylic acids is 6. The lowest BCUT2D eigenvalue weighted by Gasteiger charge is -2.40. The molecule has 7 heterocycles. The molecule has 4 saturated heterocycles. The van der Waals surface area contributed by atoms with Gasteiger partial charge >= 0.3 is 0 Å². The lowest BCUT2D eigenvalue weighted by Crippen LogP contribution is -2.55. The average molecular weight is 1230 g/mol. The third kappa shape index (κ3) is 12.2. The van der Waals surface area contributed by atoms with E-state index < -0.39 is 73.1 Å². The zero-order chi connectivity index (χ0) is 61.4. The molecule has 0 radical (unpaired) electrons. The van der Waals surface area contributed by atoms with Crippen molar-refractivity contribution in [2.24, 2.45) is 17.6 Å². The van der Waals surface area contributed by atoms with Crippen LogP contribution in [0.4, 0.5) is 17.1 Å². The van der Waals surface area contributed by atoms with E-state index in [1.165, 1.54) is 42.6 Å². The first kappa shape index (κ1) is 59.1. The fourth-order valence-corrected chi connectivity index (χ4v) is 13.0. The van der Waals surface area contributed by atoms with Crippen molar-refractivity contribution in [3.63, 3.8) is 0 Å². The summed E-state index contributed by atoms with van der Waals surface area (Å²) in [5.41, 5.74) is 10.4. The number of nitro benzene ring substituents is 1. The third-order valence-corrected chi connectivity index (χ3v) is 18.3. The van der Waals surface area contributed by atoms with E-state index >= 15 is 0 Å². The number of rotatable bonds is 19. The molecule has 5 aromatic carbocycles. The number of halogens is 1. The molecule has 7 aromatic rings. The van der Waals surface area contributed by atoms with Crippen molar-refractivity contribution in [1.29, 1.82) is 0 Å². The number of piperazine rings is 1. The molecule has 2 unspecified atom stereocenters. The Labute approximate surface area is 509 Å². The molecule has 6 amide bonds. The summed E-state index contributed by atoms with van der Waals surface area (Å²) in [6.45, 7) is 5.28. The fraction of sp³-hybridized carbons (Fsp3) is 0.306. The van der Waals surface area contributed by atoms with Gasteiger partial charge in [0.2, 0.25) is 17.7 Å². The van der Waals surface area contributed by atoms with Gasteiger partial charge in [-0.3, -0.25) is 54.0 Å². The Kier molecular flexibility index (Phi) is 16.7. The molecule has 0 bridgehead atoms. The van der Waals surface area contributed by atoms with E-state index in [4.69, 9.17) is 31.5 Å². The Hall–Kier alpha value is -9.27. The van der Waals surface area contributed by atoms with Crippen LogP contribution in [0.5, 0.6) is 17.2 Å². The number of anilines is 2. The zero-order valence-corrected chi connectivity index (χ0v) is 48.9. The summed E-state index contributed by atoms with van der Waals surface area (Å²) in [6.07, 6.45) is 4.73. The number of amides is 6. The molecule has 0 aliphatic carbocycles. The lowest BCUT2D eigenvalue weighted by atomic mass is 9.94. The number of fused-ring (bicyclic) bond motifs is 2. The molecule has 4 fully saturated rings. The van der Waals surface area contributed by atoms with Gasteiger partial charge in [0.25, 0.3) is 33.4 Å². The molecule has 2 aromatic heterocycles. The van der Waals surface area contributed by atoms with Crippen molar-refractivity contribution in [2.75, 3.05) is 75.9 Å². The van der Waals surface area contributed by atoms with E-state index in [0.717, 1.165) is 45.9 Å². The SMILES string of the molecule is NC(C(=O)N1CC(COc2cccc(-c3ccc(Cl)cc3)c2CN2CCN(c3ccc(C(=O)NS(=O)(=O)c4ccc(NCC5CCOCC5)c([N+](=O)[O-])c4)c(Oc4cnc5[nH]ccc5c4)c3)CC2)C1)c1cccc2c1C(=O)N(C1CCC(=O)NC1=O)C2=O. The van der Waals surface area contributed by atoms with Gasteiger partial charge in [0.15, 0.2) is 0 Å². The van der Waals surface area contributed by atoms with E-state index in [1.807, 2.05) is 48.5 Å². The molecule has 5 aliphatic heterocycles. The standard InChI is InChI=1S/C62H60ClN11O13S/c63-40-9-7-38(8-10-40)44-3-2-6-52(86-35-37-32-72(33-37)62(80)56(64)46-4-1-5-47-55(46)61(79)73(60(47)78)50-15-16-54(75)68-59(50)77)48(44)34-70-21-23-71(24-22-70)41-11-13-45(53(28-41)87-42-27-39-17-20-65-57(39)67-31-42)58(76)69-88(83,84)43-12-14-49(51(29-43)74(81)82)66-30-36-18-25-85-26-19-36/h1-14,17,20,27-29,31,36-37,50,56,66H,15-16,18-19,21-26,30,32-35,64H2,(H,65,67)(H,69,76)(H,68,75,77). The van der Waals surface area contributed by atoms with E-state index in [1.54, 1.807) is 29.3 Å². The van der Waals surface area contributed by atoms with Gasteiger partial charge in [0.1, 0.15) is 40.7 Å². The monoisotopic (exact) mass is 1230 g/mol. The molecular formula is C62H60ClN11O13S. The average Bonchev–Trinajstić information content (AvgIpc) is 1.63. The highest BCUT2D eigenvalue weighted by atomic mass is 35.5. The number of hydrogen-bond donors (Lipinski definition) is 5. The van der Waals surface area contributed by atoms with Crippen molar-refractivity contribution < 1.29 is 56.3 Å². The summed E-state index contributed by atoms with van der Waals surface area (Å²) in [5, 5.41) is 18.8. The number of imide groups is 2. The van der Waals surface area contributed by atoms with Crippen molar-refractivity contribution >= 4 is 85.2 Å². The van der Waals surface area contributed by atoms with Crippen LogP contribution in [0.25, 0.3) is 22.2 Å². The Balaban J connectivity index is 0.719. The molecule has 6 N–H and O–H groups in total. The van der Waals surface area contributed by atoms with Crippen LogP contribution in [0.15, 0.2) is 126 Å². The van der Waals surface area contributed by atoms with Gasteiger partial charge in [-0.2, -0.15) is 0 Å². The summed E-state index contributed by atoms with van der Waals surface area (Å²) < 4.78 is 48.2. The molecule has 2 atom stereocenters. The smallest absolute Gasteiger partial charge is 0.293 e. The molecule has 88 heavy (non-hydrogen) atoms. The maximum Gasteiger partial charge on any atom is 0.293 e. The first-order chi connectivity index (χ1) is 42.5. The van der Waals surface area contributed by atoms with Crippen LogP contribution in [-0.4, -0.2) is 145 Å². The number of nitro groups is 1. The first-order valence-corrected chi connectivity index (χ1v) is 30.6. The number of piperidine rings is 1. The highest BCUT2D eigenvalue weighted by molar-refractivity contribution is 7.90. The number of pyridine rings is 1. The Morgan fingerprint density at radius 3 is 2.39 bits per heavy atom. The third-order valence-electron chi connectivity index (χ3n) is 16.7. The second-order valence-electron chi connectivity index (χ2n) is 22.3. The van der Waals surface area contributed by atoms with E-state index in [9.17, 15) is 47.3 Å². The molecule has 0 saturated carbocycles. The van der Waals surface area contributed by atoms with Gasteiger partial charge in [0.05, 0.1) is 39.3 Å². The number of nitrogens with two attached hydrogens (primary N) is 1. The van der Waals surface area contributed by atoms with Crippen molar-refractivity contribution in [2.45, 2.75) is 49.2 Å². The number of benzene rings is 5. The maximum absolute atomic E-state index is 14.1. The predicted octanol–water partition coefficient (Wildman–Crippen LogP) is 6.80. The molecule has 5 aliphatic rings. The summed E-state index contributed by atoms with van der Waals surface area (Å²) in [7, 11) is -4.65. The number of aromatic amines is 1. The molecule has 12 rings (SSSR count). The van der Waals surface area contributed by atoms with Gasteiger partial charge in [-0.15, -0.1) is 0 Å². The largest absolute Gasteiger partial charge is 0.493 e. The lowest BCUT2D eigenvalue weighted by molar-refractivity contribution is -0.384. The van der Waals surface area contributed by atoms with Gasteiger partial charge in [0, 0.05) is 118 Å². The zero-order valence-electron chi connectivity index (χ0n) is 47.3. The van der Waals surface area contributed by atoms with Crippen LogP contribution in [0.1, 0.15) is 73.9 Å². The predicted molar refractivity (Wildman–Crippen MR) is 322 cm³/mol. The Morgan fingerprint density at radius 2 is 1.62 bits per heavy atom. The van der Waals surface area contributed by atoms with Crippen molar-refractivity contribution in [3.8, 4) is 28.4 Å². The number of sulfonamides is 1. The minimum atomic E-state index is -4.65. The molecule has 24 nitrogen and oxygen atoms in total. The summed E-state index contributed by atoms with van der Waals surface area (Å²) in [4.78, 5) is 105. The highest BCUT2D eigenvalue weighted by Crippen LogP contribution is 2.38. The minimum Gasteiger partial charge on any atom is -0.493 e. The number of likely N-dealkylation sites (tertiary alicyclic amines) is 1. The van der Waals surface area contributed by atoms with E-state index in [0.29, 0.717) is 87.7 Å². The number of hydrogen-bond acceptors (Lipinski definition) is 18. The molecule has 454 valence electrons. The Morgan fingerprint density at radius 1 is 0.864 bits per heavy atom. The van der Waals surface area contributed by atoms with Crippen LogP contribution >= 0.6 is 11.6 Å². The summed E-state index contributed by atoms with van der Waals surface area (Å²) in [6, 6.07) is 27.3. The number of aromatic nitrogens is 2. The highest BCUT2D eigenvalue weighted by Gasteiger charge is 2.47. The normalized spacial score (nSPS) is 18.0. The number of carbonyl (C=O) groups is 6. The van der Waals surface area contributed by atoms with Crippen LogP contribution in [0.3, 0.4) is 0 Å². The van der Waals surface area contributed by atoms with Crippen molar-refractivity contribution in [3.05, 3.63) is 165 Å². The van der Waals surface area contributed by atoms with Crippen LogP contribution in [0.2, 0.25) is 5.02 Å². The number of nitrogens with one attached hydrogen (secondary N) is 4. The number of H-pyrrole nitrogens is 1. The molecule has 26 heteroatoms.